The molecule has 0 atom stereocenters. The molecule has 0 bridgehead atoms. The molecule has 4 nitrogen and oxygen atoms in total. The summed E-state index contributed by atoms with van der Waals surface area (Å²) in [6.45, 7) is -0.660. The highest BCUT2D eigenvalue weighted by Gasteiger charge is 2.12. The van der Waals surface area contributed by atoms with Gasteiger partial charge in [-0.05, 0) is 36.4 Å². The summed E-state index contributed by atoms with van der Waals surface area (Å²) >= 11 is 0. The third-order valence-corrected chi connectivity index (χ3v) is 2.62. The zero-order valence-corrected chi connectivity index (χ0v) is 11.1. The third-order valence-electron chi connectivity index (χ3n) is 2.62. The fourth-order valence-electron chi connectivity index (χ4n) is 1.58. The van der Waals surface area contributed by atoms with Gasteiger partial charge in [0, 0.05) is 6.07 Å². The first-order valence-electron chi connectivity index (χ1n) is 6.13. The molecule has 1 N–H and O–H groups in total. The first-order valence-corrected chi connectivity index (χ1v) is 6.13. The highest BCUT2D eigenvalue weighted by molar-refractivity contribution is 5.95. The Morgan fingerprint density at radius 1 is 0.955 bits per heavy atom. The van der Waals surface area contributed by atoms with Crippen molar-refractivity contribution in [2.45, 2.75) is 0 Å². The fraction of sp³-hybridized carbons (Fsp3) is 0.0667. The molecule has 22 heavy (non-hydrogen) atoms. The summed E-state index contributed by atoms with van der Waals surface area (Å²) in [6.07, 6.45) is 0. The second kappa shape index (κ2) is 6.75. The van der Waals surface area contributed by atoms with Crippen LogP contribution in [0.3, 0.4) is 0 Å². The van der Waals surface area contributed by atoms with Crippen LogP contribution in [-0.4, -0.2) is 18.5 Å². The van der Waals surface area contributed by atoms with Gasteiger partial charge in [-0.25, -0.2) is 18.0 Å². The van der Waals surface area contributed by atoms with Crippen LogP contribution in [0.2, 0.25) is 0 Å². The Bertz CT molecular complexity index is 702. The topological polar surface area (TPSA) is 55.4 Å². The van der Waals surface area contributed by atoms with Gasteiger partial charge in [-0.15, -0.1) is 0 Å². The molecule has 114 valence electrons. The lowest BCUT2D eigenvalue weighted by Gasteiger charge is -2.07. The summed E-state index contributed by atoms with van der Waals surface area (Å²) in [7, 11) is 0. The summed E-state index contributed by atoms with van der Waals surface area (Å²) in [6, 6.07) is 7.19. The van der Waals surface area contributed by atoms with E-state index < -0.39 is 35.9 Å². The molecule has 0 radical (unpaired) electrons. The Labute approximate surface area is 123 Å². The van der Waals surface area contributed by atoms with Gasteiger partial charge in [-0.1, -0.05) is 0 Å². The van der Waals surface area contributed by atoms with Crippen molar-refractivity contribution in [2.24, 2.45) is 0 Å². The van der Waals surface area contributed by atoms with E-state index in [1.54, 1.807) is 0 Å². The number of hydrogen-bond donors (Lipinski definition) is 1. The number of hydrogen-bond acceptors (Lipinski definition) is 3. The van der Waals surface area contributed by atoms with Gasteiger partial charge in [0.15, 0.2) is 6.61 Å². The molecule has 0 aromatic heterocycles. The zero-order valence-electron chi connectivity index (χ0n) is 11.1. The standard InChI is InChI=1S/C15H10F3NO3/c16-10-3-1-9(2-4-10)15(21)22-8-14(20)19-13-6-5-11(17)7-12(13)18/h1-7H,8H2,(H,19,20). The number of amides is 1. The molecule has 0 fully saturated rings. The van der Waals surface area contributed by atoms with Gasteiger partial charge >= 0.3 is 5.97 Å². The average Bonchev–Trinajstić information content (AvgIpc) is 2.48. The first-order chi connectivity index (χ1) is 10.5. The van der Waals surface area contributed by atoms with Crippen LogP contribution in [0.5, 0.6) is 0 Å². The average molecular weight is 309 g/mol. The lowest BCUT2D eigenvalue weighted by atomic mass is 10.2. The number of halogens is 3. The lowest BCUT2D eigenvalue weighted by molar-refractivity contribution is -0.119. The number of nitrogens with one attached hydrogen (secondary N) is 1. The van der Waals surface area contributed by atoms with Crippen molar-refractivity contribution in [1.29, 1.82) is 0 Å². The van der Waals surface area contributed by atoms with E-state index >= 15 is 0 Å². The Kier molecular flexibility index (Phi) is 4.77. The van der Waals surface area contributed by atoms with Crippen LogP contribution in [0.4, 0.5) is 18.9 Å². The van der Waals surface area contributed by atoms with Crippen LogP contribution in [0.1, 0.15) is 10.4 Å². The highest BCUT2D eigenvalue weighted by Crippen LogP contribution is 2.14. The Morgan fingerprint density at radius 3 is 2.23 bits per heavy atom. The molecule has 2 rings (SSSR count). The number of esters is 1. The predicted molar refractivity (Wildman–Crippen MR) is 71.7 cm³/mol. The number of carbonyl (C=O) groups is 2. The largest absolute Gasteiger partial charge is 0.452 e. The molecule has 0 aliphatic rings. The summed E-state index contributed by atoms with van der Waals surface area (Å²) < 4.78 is 43.4. The number of anilines is 1. The van der Waals surface area contributed by atoms with Crippen LogP contribution < -0.4 is 5.32 Å². The van der Waals surface area contributed by atoms with Crippen LogP contribution >= 0.6 is 0 Å². The normalized spacial score (nSPS) is 10.1. The second-order valence-corrected chi connectivity index (χ2v) is 4.26. The molecule has 1 amide bonds. The second-order valence-electron chi connectivity index (χ2n) is 4.26. The van der Waals surface area contributed by atoms with Crippen molar-refractivity contribution in [3.63, 3.8) is 0 Å². The Morgan fingerprint density at radius 2 is 1.59 bits per heavy atom. The molecule has 0 spiro atoms. The molecule has 2 aromatic rings. The van der Waals surface area contributed by atoms with Crippen molar-refractivity contribution in [3.05, 3.63) is 65.5 Å². The van der Waals surface area contributed by atoms with Gasteiger partial charge in [-0.2, -0.15) is 0 Å². The van der Waals surface area contributed by atoms with E-state index in [0.717, 1.165) is 24.3 Å². The van der Waals surface area contributed by atoms with Crippen LogP contribution in [-0.2, 0) is 9.53 Å². The molecule has 0 aliphatic heterocycles. The molecular weight excluding hydrogens is 299 g/mol. The van der Waals surface area contributed by atoms with E-state index in [2.05, 4.69) is 5.32 Å². The molecule has 0 saturated carbocycles. The van der Waals surface area contributed by atoms with Gasteiger partial charge in [0.1, 0.15) is 17.5 Å². The van der Waals surface area contributed by atoms with Gasteiger partial charge in [0.05, 0.1) is 11.3 Å². The van der Waals surface area contributed by atoms with Gasteiger partial charge in [0.25, 0.3) is 5.91 Å². The number of carbonyl (C=O) groups excluding carboxylic acids is 2. The third kappa shape index (κ3) is 4.08. The van der Waals surface area contributed by atoms with Crippen LogP contribution in [0.15, 0.2) is 42.5 Å². The molecule has 0 aliphatic carbocycles. The van der Waals surface area contributed by atoms with E-state index in [-0.39, 0.29) is 11.3 Å². The van der Waals surface area contributed by atoms with E-state index in [1.165, 1.54) is 12.1 Å². The minimum absolute atomic E-state index is 0.0714. The Hall–Kier alpha value is -2.83. The van der Waals surface area contributed by atoms with Crippen molar-refractivity contribution in [3.8, 4) is 0 Å². The summed E-state index contributed by atoms with van der Waals surface area (Å²) in [5, 5.41) is 2.14. The van der Waals surface area contributed by atoms with Crippen LogP contribution in [0, 0.1) is 17.5 Å². The summed E-state index contributed by atoms with van der Waals surface area (Å²) in [5.74, 6) is -3.85. The molecule has 7 heteroatoms. The Balaban J connectivity index is 1.89. The molecule has 0 heterocycles. The summed E-state index contributed by atoms with van der Waals surface area (Å²) in [5.41, 5.74) is -0.161. The molecular formula is C15H10F3NO3. The van der Waals surface area contributed by atoms with Crippen molar-refractivity contribution in [2.75, 3.05) is 11.9 Å². The van der Waals surface area contributed by atoms with Gasteiger partial charge < -0.3 is 10.1 Å². The quantitative estimate of drug-likeness (QED) is 0.884. The number of ether oxygens (including phenoxy) is 1. The zero-order chi connectivity index (χ0) is 16.1. The van der Waals surface area contributed by atoms with Gasteiger partial charge in [-0.3, -0.25) is 4.79 Å². The molecule has 0 saturated heterocycles. The van der Waals surface area contributed by atoms with Gasteiger partial charge in [0.2, 0.25) is 0 Å². The fourth-order valence-corrected chi connectivity index (χ4v) is 1.58. The van der Waals surface area contributed by atoms with Crippen LogP contribution in [0.25, 0.3) is 0 Å². The summed E-state index contributed by atoms with van der Waals surface area (Å²) in [4.78, 5) is 23.1. The van der Waals surface area contributed by atoms with E-state index in [1.807, 2.05) is 0 Å². The number of benzene rings is 2. The lowest BCUT2D eigenvalue weighted by Crippen LogP contribution is -2.21. The van der Waals surface area contributed by atoms with E-state index in [9.17, 15) is 22.8 Å². The predicted octanol–water partition coefficient (Wildman–Crippen LogP) is 2.90. The minimum atomic E-state index is -0.946. The van der Waals surface area contributed by atoms with Crippen molar-refractivity contribution < 1.29 is 27.5 Å². The van der Waals surface area contributed by atoms with E-state index in [0.29, 0.717) is 6.07 Å². The minimum Gasteiger partial charge on any atom is -0.452 e. The monoisotopic (exact) mass is 309 g/mol. The van der Waals surface area contributed by atoms with Crippen molar-refractivity contribution >= 4 is 17.6 Å². The van der Waals surface area contributed by atoms with E-state index in [4.69, 9.17) is 4.74 Å². The SMILES string of the molecule is O=C(COC(=O)c1ccc(F)cc1)Nc1ccc(F)cc1F. The maximum Gasteiger partial charge on any atom is 0.338 e. The molecule has 2 aromatic carbocycles. The smallest absolute Gasteiger partial charge is 0.338 e. The van der Waals surface area contributed by atoms with Crippen molar-refractivity contribution in [1.82, 2.24) is 0 Å². The first kappa shape index (κ1) is 15.6. The maximum absolute atomic E-state index is 13.3. The molecule has 0 unspecified atom stereocenters. The highest BCUT2D eigenvalue weighted by atomic mass is 19.1. The number of rotatable bonds is 4. The maximum atomic E-state index is 13.3.